The Balaban J connectivity index is 2.00. The Bertz CT molecular complexity index is 320. The summed E-state index contributed by atoms with van der Waals surface area (Å²) in [5.74, 6) is 1.46. The van der Waals surface area contributed by atoms with Gasteiger partial charge < -0.3 is 5.32 Å². The van der Waals surface area contributed by atoms with Crippen LogP contribution in [0.5, 0.6) is 0 Å². The summed E-state index contributed by atoms with van der Waals surface area (Å²) in [6.45, 7) is 5.57. The first kappa shape index (κ1) is 11.0. The van der Waals surface area contributed by atoms with Crippen LogP contribution in [0, 0.1) is 5.92 Å². The molecule has 1 saturated carbocycles. The summed E-state index contributed by atoms with van der Waals surface area (Å²) < 4.78 is 0. The van der Waals surface area contributed by atoms with E-state index in [1.807, 2.05) is 12.1 Å². The number of benzene rings is 1. The minimum absolute atomic E-state index is 0.704. The van der Waals surface area contributed by atoms with Gasteiger partial charge in [0.25, 0.3) is 0 Å². The Morgan fingerprint density at radius 2 is 2.00 bits per heavy atom. The van der Waals surface area contributed by atoms with Crippen molar-refractivity contribution < 1.29 is 0 Å². The topological polar surface area (TPSA) is 12.0 Å². The second-order valence-electron chi connectivity index (χ2n) is 4.42. The number of nitrogens with one attached hydrogen (secondary N) is 1. The molecule has 2 rings (SSSR count). The van der Waals surface area contributed by atoms with Crippen LogP contribution in [0.3, 0.4) is 0 Å². The molecule has 0 heterocycles. The molecule has 0 aliphatic heterocycles. The van der Waals surface area contributed by atoms with Crippen molar-refractivity contribution in [2.45, 2.75) is 32.2 Å². The predicted octanol–water partition coefficient (Wildman–Crippen LogP) is 3.44. The molecular formula is C13H18ClN. The SMILES string of the molecule is CCNC1CC(c2ccc(Cl)cc2)C1C. The Labute approximate surface area is 96.8 Å². The fraction of sp³-hybridized carbons (Fsp3) is 0.538. The van der Waals surface area contributed by atoms with E-state index in [-0.39, 0.29) is 0 Å². The van der Waals surface area contributed by atoms with Gasteiger partial charge in [-0.3, -0.25) is 0 Å². The normalized spacial score (nSPS) is 29.9. The van der Waals surface area contributed by atoms with Crippen LogP contribution in [-0.4, -0.2) is 12.6 Å². The number of rotatable bonds is 3. The largest absolute Gasteiger partial charge is 0.314 e. The van der Waals surface area contributed by atoms with E-state index in [9.17, 15) is 0 Å². The average molecular weight is 224 g/mol. The molecule has 1 N–H and O–H groups in total. The van der Waals surface area contributed by atoms with Crippen molar-refractivity contribution in [2.75, 3.05) is 6.54 Å². The lowest BCUT2D eigenvalue weighted by molar-refractivity contribution is 0.187. The van der Waals surface area contributed by atoms with Crippen molar-refractivity contribution in [3.63, 3.8) is 0 Å². The molecule has 0 aromatic heterocycles. The summed E-state index contributed by atoms with van der Waals surface area (Å²) in [5, 5.41) is 4.34. The monoisotopic (exact) mass is 223 g/mol. The summed E-state index contributed by atoms with van der Waals surface area (Å²) in [5.41, 5.74) is 1.43. The zero-order valence-corrected chi connectivity index (χ0v) is 10.1. The molecule has 1 aliphatic carbocycles. The highest BCUT2D eigenvalue weighted by Crippen LogP contribution is 2.42. The van der Waals surface area contributed by atoms with E-state index < -0.39 is 0 Å². The third-order valence-electron chi connectivity index (χ3n) is 3.54. The highest BCUT2D eigenvalue weighted by atomic mass is 35.5. The van der Waals surface area contributed by atoms with Crippen molar-refractivity contribution in [3.8, 4) is 0 Å². The van der Waals surface area contributed by atoms with Crippen LogP contribution in [-0.2, 0) is 0 Å². The van der Waals surface area contributed by atoms with Crippen LogP contribution >= 0.6 is 11.6 Å². The lowest BCUT2D eigenvalue weighted by Crippen LogP contribution is -2.47. The molecule has 1 aromatic rings. The molecule has 0 amide bonds. The maximum absolute atomic E-state index is 5.88. The van der Waals surface area contributed by atoms with Gasteiger partial charge >= 0.3 is 0 Å². The maximum atomic E-state index is 5.88. The predicted molar refractivity (Wildman–Crippen MR) is 65.4 cm³/mol. The number of hydrogen-bond acceptors (Lipinski definition) is 1. The van der Waals surface area contributed by atoms with Crippen LogP contribution in [0.15, 0.2) is 24.3 Å². The molecule has 1 aromatic carbocycles. The molecule has 1 nitrogen and oxygen atoms in total. The lowest BCUT2D eigenvalue weighted by Gasteiger charge is -2.43. The molecule has 3 atom stereocenters. The quantitative estimate of drug-likeness (QED) is 0.828. The van der Waals surface area contributed by atoms with E-state index in [1.165, 1.54) is 12.0 Å². The molecular weight excluding hydrogens is 206 g/mol. The molecule has 15 heavy (non-hydrogen) atoms. The van der Waals surface area contributed by atoms with Crippen molar-refractivity contribution >= 4 is 11.6 Å². The standard InChI is InChI=1S/C13H18ClN/c1-3-15-13-8-12(9(13)2)10-4-6-11(14)7-5-10/h4-7,9,12-13,15H,3,8H2,1-2H3. The van der Waals surface area contributed by atoms with Gasteiger partial charge in [0, 0.05) is 11.1 Å². The van der Waals surface area contributed by atoms with E-state index in [1.54, 1.807) is 0 Å². The van der Waals surface area contributed by atoms with Crippen molar-refractivity contribution in [3.05, 3.63) is 34.9 Å². The van der Waals surface area contributed by atoms with Gasteiger partial charge in [0.2, 0.25) is 0 Å². The highest BCUT2D eigenvalue weighted by Gasteiger charge is 2.37. The molecule has 0 spiro atoms. The van der Waals surface area contributed by atoms with Gasteiger partial charge in [-0.15, -0.1) is 0 Å². The van der Waals surface area contributed by atoms with Gasteiger partial charge in [0.15, 0.2) is 0 Å². The van der Waals surface area contributed by atoms with E-state index >= 15 is 0 Å². The molecule has 1 fully saturated rings. The Kier molecular flexibility index (Phi) is 3.32. The molecule has 0 bridgehead atoms. The van der Waals surface area contributed by atoms with E-state index in [4.69, 9.17) is 11.6 Å². The minimum atomic E-state index is 0.704. The van der Waals surface area contributed by atoms with Crippen molar-refractivity contribution in [1.29, 1.82) is 0 Å². The zero-order chi connectivity index (χ0) is 10.8. The summed E-state index contributed by atoms with van der Waals surface area (Å²) in [4.78, 5) is 0. The van der Waals surface area contributed by atoms with Gasteiger partial charge in [-0.1, -0.05) is 37.6 Å². The summed E-state index contributed by atoms with van der Waals surface area (Å²) in [7, 11) is 0. The van der Waals surface area contributed by atoms with Gasteiger partial charge in [-0.05, 0) is 42.5 Å². The van der Waals surface area contributed by atoms with Crippen LogP contribution in [0.1, 0.15) is 31.7 Å². The first-order valence-electron chi connectivity index (χ1n) is 5.71. The smallest absolute Gasteiger partial charge is 0.0406 e. The first-order chi connectivity index (χ1) is 7.22. The summed E-state index contributed by atoms with van der Waals surface area (Å²) >= 11 is 5.88. The fourth-order valence-corrected chi connectivity index (χ4v) is 2.59. The van der Waals surface area contributed by atoms with E-state index in [0.29, 0.717) is 12.0 Å². The third kappa shape index (κ3) is 2.19. The van der Waals surface area contributed by atoms with Crippen LogP contribution in [0.4, 0.5) is 0 Å². The summed E-state index contributed by atoms with van der Waals surface area (Å²) in [6.07, 6.45) is 1.26. The summed E-state index contributed by atoms with van der Waals surface area (Å²) in [6, 6.07) is 9.00. The van der Waals surface area contributed by atoms with E-state index in [0.717, 1.165) is 17.5 Å². The zero-order valence-electron chi connectivity index (χ0n) is 9.33. The van der Waals surface area contributed by atoms with E-state index in [2.05, 4.69) is 31.3 Å². The Hall–Kier alpha value is -0.530. The van der Waals surface area contributed by atoms with Gasteiger partial charge in [-0.25, -0.2) is 0 Å². The number of hydrogen-bond donors (Lipinski definition) is 1. The second-order valence-corrected chi connectivity index (χ2v) is 4.85. The Morgan fingerprint density at radius 3 is 2.53 bits per heavy atom. The molecule has 0 radical (unpaired) electrons. The molecule has 0 saturated heterocycles. The van der Waals surface area contributed by atoms with Crippen LogP contribution in [0.2, 0.25) is 5.02 Å². The molecule has 2 heteroatoms. The fourth-order valence-electron chi connectivity index (χ4n) is 2.47. The average Bonchev–Trinajstić information content (AvgIpc) is 2.25. The van der Waals surface area contributed by atoms with Crippen molar-refractivity contribution in [2.24, 2.45) is 5.92 Å². The molecule has 82 valence electrons. The van der Waals surface area contributed by atoms with Gasteiger partial charge in [0.1, 0.15) is 0 Å². The van der Waals surface area contributed by atoms with Crippen LogP contribution < -0.4 is 5.32 Å². The highest BCUT2D eigenvalue weighted by molar-refractivity contribution is 6.30. The van der Waals surface area contributed by atoms with Crippen LogP contribution in [0.25, 0.3) is 0 Å². The van der Waals surface area contributed by atoms with Crippen molar-refractivity contribution in [1.82, 2.24) is 5.32 Å². The third-order valence-corrected chi connectivity index (χ3v) is 3.79. The maximum Gasteiger partial charge on any atom is 0.0406 e. The minimum Gasteiger partial charge on any atom is -0.314 e. The Morgan fingerprint density at radius 1 is 1.33 bits per heavy atom. The first-order valence-corrected chi connectivity index (χ1v) is 6.09. The second kappa shape index (κ2) is 4.54. The van der Waals surface area contributed by atoms with Gasteiger partial charge in [-0.2, -0.15) is 0 Å². The van der Waals surface area contributed by atoms with Gasteiger partial charge in [0.05, 0.1) is 0 Å². The number of halogens is 1. The lowest BCUT2D eigenvalue weighted by atomic mass is 9.67. The molecule has 3 unspecified atom stereocenters. The molecule has 1 aliphatic rings.